The van der Waals surface area contributed by atoms with Crippen LogP contribution < -0.4 is 20.1 Å². The van der Waals surface area contributed by atoms with Gasteiger partial charge in [0.05, 0.1) is 38.8 Å². The van der Waals surface area contributed by atoms with E-state index in [4.69, 9.17) is 33.7 Å². The van der Waals surface area contributed by atoms with Crippen molar-refractivity contribution < 1.29 is 47.6 Å². The number of hydrogen-bond donors (Lipinski definition) is 4. The van der Waals surface area contributed by atoms with E-state index in [1.54, 1.807) is 36.5 Å². The van der Waals surface area contributed by atoms with E-state index < -0.39 is 50.4 Å². The zero-order chi connectivity index (χ0) is 33.3. The Morgan fingerprint density at radius 1 is 1.23 bits per heavy atom. The van der Waals surface area contributed by atoms with Gasteiger partial charge in [-0.05, 0) is 38.1 Å². The lowest BCUT2D eigenvalue weighted by Gasteiger charge is -2.28. The minimum Gasteiger partial charge on any atom is -0.479 e. The van der Waals surface area contributed by atoms with Gasteiger partial charge in [0, 0.05) is 24.4 Å². The van der Waals surface area contributed by atoms with Crippen molar-refractivity contribution in [1.29, 1.82) is 0 Å². The molecular weight excluding hydrogens is 637 g/mol. The number of methoxy groups -OCH3 is 1. The van der Waals surface area contributed by atoms with Gasteiger partial charge in [-0.3, -0.25) is 18.9 Å². The number of anilines is 1. The van der Waals surface area contributed by atoms with Crippen LogP contribution in [0.15, 0.2) is 42.9 Å². The van der Waals surface area contributed by atoms with Gasteiger partial charge in [-0.2, -0.15) is 15.1 Å². The fourth-order valence-electron chi connectivity index (χ4n) is 5.49. The number of aliphatic hydroxyl groups excluding tert-OH is 1. The Kier molecular flexibility index (Phi) is 9.31. The lowest BCUT2D eigenvalue weighted by Crippen LogP contribution is -2.44. The van der Waals surface area contributed by atoms with Gasteiger partial charge in [0.15, 0.2) is 17.4 Å². The first-order chi connectivity index (χ1) is 22.5. The Hall–Kier alpha value is -3.96. The van der Waals surface area contributed by atoms with E-state index in [-0.39, 0.29) is 34.8 Å². The Labute approximate surface area is 268 Å². The quantitative estimate of drug-likeness (QED) is 0.132. The number of nitrogen functional groups attached to an aromatic ring is 1. The molecule has 47 heavy (non-hydrogen) atoms. The summed E-state index contributed by atoms with van der Waals surface area (Å²) in [7, 11) is -3.02. The molecule has 5 N–H and O–H groups in total. The van der Waals surface area contributed by atoms with E-state index in [9.17, 15) is 19.6 Å². The van der Waals surface area contributed by atoms with Crippen molar-refractivity contribution in [1.82, 2.24) is 29.6 Å². The zero-order valence-corrected chi connectivity index (χ0v) is 26.8. The zero-order valence-electron chi connectivity index (χ0n) is 25.9. The summed E-state index contributed by atoms with van der Waals surface area (Å²) in [5.41, 5.74) is 4.95. The second-order valence-electron chi connectivity index (χ2n) is 11.4. The molecule has 3 aromatic heterocycles. The molecule has 2 fully saturated rings. The van der Waals surface area contributed by atoms with E-state index in [2.05, 4.69) is 25.0 Å². The van der Waals surface area contributed by atoms with E-state index in [1.807, 2.05) is 0 Å². The summed E-state index contributed by atoms with van der Waals surface area (Å²) in [6, 6.07) is 7.32. The molecular formula is C29H36N7O10P. The van der Waals surface area contributed by atoms with Gasteiger partial charge in [0.2, 0.25) is 11.8 Å². The number of carbonyl (C=O) groups excluding carboxylic acids is 1. The Balaban J connectivity index is 1.24. The number of hydrogen-bond acceptors (Lipinski definition) is 15. The second kappa shape index (κ2) is 13.3. The third-order valence-electron chi connectivity index (χ3n) is 8.00. The average molecular weight is 674 g/mol. The average Bonchev–Trinajstić information content (AvgIpc) is 3.57. The number of nitrogens with zero attached hydrogens (tertiary/aromatic N) is 5. The van der Waals surface area contributed by atoms with Crippen LogP contribution in [0.1, 0.15) is 32.9 Å². The number of aromatic nitrogens is 5. The van der Waals surface area contributed by atoms with E-state index in [0.29, 0.717) is 37.0 Å². The second-order valence-corrected chi connectivity index (χ2v) is 13.1. The maximum atomic E-state index is 14.4. The van der Waals surface area contributed by atoms with Crippen LogP contribution in [-0.4, -0.2) is 97.6 Å². The summed E-state index contributed by atoms with van der Waals surface area (Å²) in [6.07, 6.45) is -0.318. The standard InChI is InChI=1S/C29H36N7O10P/c1-16(26(38)44-17-9-12-42-13-10-17)35-47(40,46-20-8-4-7-19-18(20)6-5-11-31-19)43-14-21-23(37)29(2,39)27(45-21)36-15-32-22-24(36)33-28(30)34-25(22)41-3/h4-8,11,15-17,21,23,27,37,39H,9-10,12-14H2,1-3H3,(H,35,40)(H2,30,33,34). The highest BCUT2D eigenvalue weighted by Crippen LogP contribution is 2.48. The fourth-order valence-corrected chi connectivity index (χ4v) is 7.02. The SMILES string of the molecule is COc1nc(N)nc2c1ncn2C1OC(COP(=O)(NC(C)C(=O)OC2CCOCC2)Oc2cccc3ncccc23)C(O)C1(C)O. The molecule has 6 rings (SSSR count). The summed E-state index contributed by atoms with van der Waals surface area (Å²) in [4.78, 5) is 29.8. The van der Waals surface area contributed by atoms with Crippen LogP contribution in [0.3, 0.4) is 0 Å². The summed E-state index contributed by atoms with van der Waals surface area (Å²) in [5, 5.41) is 25.8. The predicted octanol–water partition coefficient (Wildman–Crippen LogP) is 1.88. The molecule has 0 spiro atoms. The summed E-state index contributed by atoms with van der Waals surface area (Å²) >= 11 is 0. The molecule has 252 valence electrons. The number of nitrogens with one attached hydrogen (secondary N) is 1. The third kappa shape index (κ3) is 6.73. The molecule has 6 unspecified atom stereocenters. The molecule has 18 heteroatoms. The van der Waals surface area contributed by atoms with Gasteiger partial charge in [0.1, 0.15) is 35.7 Å². The lowest BCUT2D eigenvalue weighted by atomic mass is 9.96. The highest BCUT2D eigenvalue weighted by molar-refractivity contribution is 7.52. The monoisotopic (exact) mass is 673 g/mol. The molecule has 4 aromatic rings. The number of ether oxygens (including phenoxy) is 4. The van der Waals surface area contributed by atoms with Crippen LogP contribution in [0.25, 0.3) is 22.1 Å². The largest absolute Gasteiger partial charge is 0.479 e. The topological polar surface area (TPSA) is 225 Å². The van der Waals surface area contributed by atoms with Crippen LogP contribution in [0, 0.1) is 0 Å². The van der Waals surface area contributed by atoms with Crippen LogP contribution in [0.4, 0.5) is 5.95 Å². The Morgan fingerprint density at radius 3 is 2.79 bits per heavy atom. The minimum absolute atomic E-state index is 0.105. The Bertz CT molecular complexity index is 1790. The van der Waals surface area contributed by atoms with Gasteiger partial charge in [0.25, 0.3) is 0 Å². The van der Waals surface area contributed by atoms with E-state index in [1.165, 1.54) is 31.9 Å². The fraction of sp³-hybridized carbons (Fsp3) is 0.483. The van der Waals surface area contributed by atoms with Crippen molar-refractivity contribution in [2.45, 2.75) is 62.9 Å². The van der Waals surface area contributed by atoms with Crippen LogP contribution in [-0.2, 0) is 28.1 Å². The lowest BCUT2D eigenvalue weighted by molar-refractivity contribution is -0.154. The molecule has 6 atom stereocenters. The van der Waals surface area contributed by atoms with E-state index >= 15 is 0 Å². The molecule has 2 aliphatic heterocycles. The summed E-state index contributed by atoms with van der Waals surface area (Å²) in [6.45, 7) is 3.24. The van der Waals surface area contributed by atoms with Crippen LogP contribution in [0.5, 0.6) is 11.6 Å². The molecule has 0 saturated carbocycles. The smallest absolute Gasteiger partial charge is 0.459 e. The van der Waals surface area contributed by atoms with Crippen molar-refractivity contribution in [3.8, 4) is 11.6 Å². The molecule has 0 amide bonds. The van der Waals surface area contributed by atoms with Gasteiger partial charge in [-0.15, -0.1) is 0 Å². The first-order valence-electron chi connectivity index (χ1n) is 14.9. The van der Waals surface area contributed by atoms with Gasteiger partial charge < -0.3 is 39.4 Å². The molecule has 1 aromatic carbocycles. The molecule has 17 nitrogen and oxygen atoms in total. The number of carbonyl (C=O) groups is 1. The van der Waals surface area contributed by atoms with Gasteiger partial charge in [-0.25, -0.2) is 9.55 Å². The van der Waals surface area contributed by atoms with E-state index in [0.717, 1.165) is 0 Å². The Morgan fingerprint density at radius 2 is 2.02 bits per heavy atom. The predicted molar refractivity (Wildman–Crippen MR) is 165 cm³/mol. The number of imidazole rings is 1. The highest BCUT2D eigenvalue weighted by atomic mass is 31.2. The van der Waals surface area contributed by atoms with Crippen molar-refractivity contribution in [2.24, 2.45) is 0 Å². The molecule has 0 aliphatic carbocycles. The normalized spacial score (nSPS) is 25.4. The van der Waals surface area contributed by atoms with Gasteiger partial charge >= 0.3 is 13.7 Å². The summed E-state index contributed by atoms with van der Waals surface area (Å²) < 4.78 is 49.8. The maximum absolute atomic E-state index is 14.4. The minimum atomic E-state index is -4.41. The summed E-state index contributed by atoms with van der Waals surface area (Å²) in [5.74, 6) is -0.481. The van der Waals surface area contributed by atoms with Crippen molar-refractivity contribution >= 4 is 41.7 Å². The molecule has 5 heterocycles. The molecule has 0 radical (unpaired) electrons. The number of benzene rings is 1. The third-order valence-corrected chi connectivity index (χ3v) is 9.63. The molecule has 2 aliphatic rings. The molecule has 2 saturated heterocycles. The maximum Gasteiger partial charge on any atom is 0.459 e. The number of aliphatic hydroxyl groups is 2. The number of nitrogens with two attached hydrogens (primary N) is 1. The van der Waals surface area contributed by atoms with Crippen molar-refractivity contribution in [3.63, 3.8) is 0 Å². The van der Waals surface area contributed by atoms with Crippen molar-refractivity contribution in [3.05, 3.63) is 42.9 Å². The van der Waals surface area contributed by atoms with Crippen LogP contribution in [0.2, 0.25) is 0 Å². The highest BCUT2D eigenvalue weighted by Gasteiger charge is 2.54. The molecule has 0 bridgehead atoms. The number of esters is 1. The first-order valence-corrected chi connectivity index (χ1v) is 16.5. The number of fused-ring (bicyclic) bond motifs is 2. The number of rotatable bonds is 11. The first kappa shape index (κ1) is 33.0. The number of pyridine rings is 1. The van der Waals surface area contributed by atoms with Crippen molar-refractivity contribution in [2.75, 3.05) is 32.7 Å². The van der Waals surface area contributed by atoms with Crippen LogP contribution >= 0.6 is 7.75 Å². The van der Waals surface area contributed by atoms with Gasteiger partial charge in [-0.1, -0.05) is 6.07 Å².